The molecule has 0 N–H and O–H groups in total. The predicted molar refractivity (Wildman–Crippen MR) is 69.8 cm³/mol. The van der Waals surface area contributed by atoms with Crippen LogP contribution in [0.4, 0.5) is 0 Å². The Morgan fingerprint density at radius 3 is 2.35 bits per heavy atom. The molecule has 0 amide bonds. The lowest BCUT2D eigenvalue weighted by Gasteiger charge is -2.24. The number of nitrogens with zero attached hydrogens (tertiary/aromatic N) is 4. The number of aromatic nitrogens is 2. The molecule has 1 aromatic rings. The third kappa shape index (κ3) is 2.72. The molecule has 0 radical (unpaired) electrons. The number of sulfonamides is 1. The van der Waals surface area contributed by atoms with Gasteiger partial charge in [0.1, 0.15) is 6.33 Å². The quantitative estimate of drug-likeness (QED) is 0.672. The molecule has 20 heavy (non-hydrogen) atoms. The summed E-state index contributed by atoms with van der Waals surface area (Å²) in [5.74, 6) is 0. The molecule has 9 nitrogen and oxygen atoms in total. The van der Waals surface area contributed by atoms with E-state index in [-0.39, 0.29) is 18.1 Å². The molecular weight excluding hydrogens is 308 g/mol. The molecule has 2 rings (SSSR count). The summed E-state index contributed by atoms with van der Waals surface area (Å²) in [4.78, 5) is 3.70. The normalized spacial score (nSPS) is 18.6. The van der Waals surface area contributed by atoms with E-state index >= 15 is 0 Å². The van der Waals surface area contributed by atoms with Crippen molar-refractivity contribution in [1.82, 2.24) is 17.6 Å². The zero-order valence-corrected chi connectivity index (χ0v) is 12.8. The number of ether oxygens (including phenoxy) is 1. The summed E-state index contributed by atoms with van der Waals surface area (Å²) in [7, 11) is -4.85. The summed E-state index contributed by atoms with van der Waals surface area (Å²) in [6.45, 7) is 1.09. The van der Waals surface area contributed by atoms with Gasteiger partial charge in [0.15, 0.2) is 5.03 Å². The molecule has 1 saturated heterocycles. The summed E-state index contributed by atoms with van der Waals surface area (Å²) in [6, 6.07) is 0. The fourth-order valence-corrected chi connectivity index (χ4v) is 3.82. The Labute approximate surface area is 118 Å². The minimum Gasteiger partial charge on any atom is -0.379 e. The van der Waals surface area contributed by atoms with Crippen molar-refractivity contribution in [3.05, 3.63) is 12.5 Å². The van der Waals surface area contributed by atoms with Gasteiger partial charge in [-0.25, -0.2) is 17.4 Å². The van der Waals surface area contributed by atoms with Crippen LogP contribution in [0.25, 0.3) is 0 Å². The minimum absolute atomic E-state index is 0.232. The van der Waals surface area contributed by atoms with Gasteiger partial charge in [0.25, 0.3) is 10.0 Å². The van der Waals surface area contributed by atoms with Gasteiger partial charge in [0.05, 0.1) is 19.4 Å². The fourth-order valence-electron chi connectivity index (χ4n) is 1.66. The lowest BCUT2D eigenvalue weighted by Crippen LogP contribution is -2.40. The SMILES string of the molecule is CN(C)S(=O)(=O)n1cnc(S(=O)(=O)N2CCOCC2)c1. The maximum Gasteiger partial charge on any atom is 0.308 e. The standard InChI is InChI=1S/C9H16N4O5S2/c1-11(2)20(16,17)13-7-9(10-8-13)19(14,15)12-3-5-18-6-4-12/h7-8H,3-6H2,1-2H3. The first-order valence-electron chi connectivity index (χ1n) is 5.81. The Hall–Kier alpha value is -1.01. The average Bonchev–Trinajstić information content (AvgIpc) is 2.90. The van der Waals surface area contributed by atoms with Gasteiger partial charge in [-0.2, -0.15) is 17.0 Å². The van der Waals surface area contributed by atoms with Crippen LogP contribution < -0.4 is 0 Å². The number of imidazole rings is 1. The van der Waals surface area contributed by atoms with Crippen molar-refractivity contribution in [2.24, 2.45) is 0 Å². The second-order valence-corrected chi connectivity index (χ2v) is 8.28. The van der Waals surface area contributed by atoms with Crippen LogP contribution in [-0.2, 0) is 25.0 Å². The van der Waals surface area contributed by atoms with E-state index in [4.69, 9.17) is 4.74 Å². The number of morpholine rings is 1. The third-order valence-corrected chi connectivity index (χ3v) is 6.28. The van der Waals surface area contributed by atoms with E-state index in [0.29, 0.717) is 13.2 Å². The first-order chi connectivity index (χ1) is 9.26. The van der Waals surface area contributed by atoms with Crippen molar-refractivity contribution in [2.75, 3.05) is 40.4 Å². The molecule has 0 atom stereocenters. The summed E-state index contributed by atoms with van der Waals surface area (Å²) in [6.07, 6.45) is 1.97. The van der Waals surface area contributed by atoms with Gasteiger partial charge < -0.3 is 4.74 Å². The zero-order valence-electron chi connectivity index (χ0n) is 11.1. The molecule has 1 aliphatic heterocycles. The predicted octanol–water partition coefficient (Wildman–Crippen LogP) is -1.44. The van der Waals surface area contributed by atoms with Crippen LogP contribution in [0.5, 0.6) is 0 Å². The van der Waals surface area contributed by atoms with Crippen LogP contribution >= 0.6 is 0 Å². The largest absolute Gasteiger partial charge is 0.379 e. The topological polar surface area (TPSA) is 102 Å². The smallest absolute Gasteiger partial charge is 0.308 e. The molecule has 2 heterocycles. The van der Waals surface area contributed by atoms with Crippen molar-refractivity contribution in [3.63, 3.8) is 0 Å². The molecule has 0 aliphatic carbocycles. The van der Waals surface area contributed by atoms with E-state index in [1.165, 1.54) is 18.4 Å². The van der Waals surface area contributed by atoms with Gasteiger partial charge in [-0.3, -0.25) is 0 Å². The molecular formula is C9H16N4O5S2. The minimum atomic E-state index is -3.79. The molecule has 0 spiro atoms. The summed E-state index contributed by atoms with van der Waals surface area (Å²) < 4.78 is 56.4. The second kappa shape index (κ2) is 5.41. The Balaban J connectivity index is 2.33. The summed E-state index contributed by atoms with van der Waals surface area (Å²) in [5, 5.41) is -0.287. The lowest BCUT2D eigenvalue weighted by atomic mass is 10.5. The average molecular weight is 324 g/mol. The van der Waals surface area contributed by atoms with Crippen molar-refractivity contribution < 1.29 is 21.6 Å². The van der Waals surface area contributed by atoms with E-state index < -0.39 is 20.2 Å². The molecule has 1 aromatic heterocycles. The van der Waals surface area contributed by atoms with Gasteiger partial charge >= 0.3 is 10.2 Å². The van der Waals surface area contributed by atoms with E-state index in [2.05, 4.69) is 4.98 Å². The van der Waals surface area contributed by atoms with Crippen LogP contribution in [-0.4, -0.2) is 74.8 Å². The zero-order chi connectivity index (χ0) is 15.0. The number of hydrogen-bond acceptors (Lipinski definition) is 6. The molecule has 0 saturated carbocycles. The number of hydrogen-bond donors (Lipinski definition) is 0. The van der Waals surface area contributed by atoms with Crippen molar-refractivity contribution in [2.45, 2.75) is 5.03 Å². The summed E-state index contributed by atoms with van der Waals surface area (Å²) >= 11 is 0. The Morgan fingerprint density at radius 1 is 1.20 bits per heavy atom. The highest BCUT2D eigenvalue weighted by Crippen LogP contribution is 2.16. The molecule has 1 aliphatic rings. The highest BCUT2D eigenvalue weighted by Gasteiger charge is 2.29. The lowest BCUT2D eigenvalue weighted by molar-refractivity contribution is 0.0729. The molecule has 0 unspecified atom stereocenters. The Kier molecular flexibility index (Phi) is 4.16. The Morgan fingerprint density at radius 2 is 1.80 bits per heavy atom. The van der Waals surface area contributed by atoms with E-state index in [1.807, 2.05) is 0 Å². The van der Waals surface area contributed by atoms with E-state index in [1.54, 1.807) is 0 Å². The van der Waals surface area contributed by atoms with E-state index in [0.717, 1.165) is 20.8 Å². The molecule has 1 fully saturated rings. The third-order valence-electron chi connectivity index (χ3n) is 2.84. The monoisotopic (exact) mass is 324 g/mol. The van der Waals surface area contributed by atoms with Crippen LogP contribution in [0.1, 0.15) is 0 Å². The van der Waals surface area contributed by atoms with Crippen LogP contribution in [0, 0.1) is 0 Å². The van der Waals surface area contributed by atoms with Crippen LogP contribution in [0.2, 0.25) is 0 Å². The van der Waals surface area contributed by atoms with Gasteiger partial charge in [0, 0.05) is 27.2 Å². The highest BCUT2D eigenvalue weighted by molar-refractivity contribution is 7.89. The fraction of sp³-hybridized carbons (Fsp3) is 0.667. The molecule has 11 heteroatoms. The first kappa shape index (κ1) is 15.4. The van der Waals surface area contributed by atoms with Crippen LogP contribution in [0.3, 0.4) is 0 Å². The van der Waals surface area contributed by atoms with Crippen molar-refractivity contribution >= 4 is 20.2 Å². The molecule has 0 bridgehead atoms. The highest BCUT2D eigenvalue weighted by atomic mass is 32.2. The maximum absolute atomic E-state index is 12.3. The Bertz CT molecular complexity index is 673. The van der Waals surface area contributed by atoms with Crippen molar-refractivity contribution in [3.8, 4) is 0 Å². The molecule has 0 aromatic carbocycles. The first-order valence-corrected chi connectivity index (χ1v) is 8.65. The van der Waals surface area contributed by atoms with Gasteiger partial charge in [-0.1, -0.05) is 0 Å². The second-order valence-electron chi connectivity index (χ2n) is 4.35. The maximum atomic E-state index is 12.3. The van der Waals surface area contributed by atoms with Gasteiger partial charge in [-0.05, 0) is 0 Å². The number of rotatable bonds is 4. The van der Waals surface area contributed by atoms with Gasteiger partial charge in [-0.15, -0.1) is 0 Å². The van der Waals surface area contributed by atoms with Crippen molar-refractivity contribution in [1.29, 1.82) is 0 Å². The summed E-state index contributed by atoms with van der Waals surface area (Å²) in [5.41, 5.74) is 0. The van der Waals surface area contributed by atoms with Crippen LogP contribution in [0.15, 0.2) is 17.6 Å². The van der Waals surface area contributed by atoms with E-state index in [9.17, 15) is 16.8 Å². The molecule has 114 valence electrons. The van der Waals surface area contributed by atoms with Gasteiger partial charge in [0.2, 0.25) is 0 Å².